The minimum atomic E-state index is 0.748. The summed E-state index contributed by atoms with van der Waals surface area (Å²) in [5, 5.41) is 4.32. The molecule has 0 atom stereocenters. The Morgan fingerprint density at radius 1 is 1.46 bits per heavy atom. The van der Waals surface area contributed by atoms with Gasteiger partial charge < -0.3 is 5.32 Å². The van der Waals surface area contributed by atoms with Crippen molar-refractivity contribution in [2.45, 2.75) is 25.7 Å². The quantitative estimate of drug-likeness (QED) is 0.759. The van der Waals surface area contributed by atoms with E-state index < -0.39 is 0 Å². The van der Waals surface area contributed by atoms with Crippen molar-refractivity contribution in [2.24, 2.45) is 0 Å². The number of nitrogens with one attached hydrogen (secondary N) is 1. The molecule has 1 aromatic rings. The van der Waals surface area contributed by atoms with Crippen LogP contribution in [0.3, 0.4) is 0 Å². The van der Waals surface area contributed by atoms with E-state index in [9.17, 15) is 0 Å². The topological polar surface area (TPSA) is 12.0 Å². The Morgan fingerprint density at radius 2 is 2.15 bits per heavy atom. The van der Waals surface area contributed by atoms with Gasteiger partial charge in [-0.3, -0.25) is 0 Å². The fraction of sp³-hybridized carbons (Fsp3) is 0.600. The van der Waals surface area contributed by atoms with Crippen LogP contribution in [0.25, 0.3) is 0 Å². The molecule has 2 heterocycles. The first kappa shape index (κ1) is 9.50. The van der Waals surface area contributed by atoms with E-state index in [1.807, 2.05) is 11.3 Å². The van der Waals surface area contributed by atoms with E-state index in [1.54, 1.807) is 0 Å². The minimum Gasteiger partial charge on any atom is -0.317 e. The van der Waals surface area contributed by atoms with Gasteiger partial charge in [0.25, 0.3) is 0 Å². The second-order valence-electron chi connectivity index (χ2n) is 3.58. The van der Waals surface area contributed by atoms with Crippen LogP contribution in [0, 0.1) is 6.92 Å². The largest absolute Gasteiger partial charge is 0.317 e. The Kier molecular flexibility index (Phi) is 2.92. The second kappa shape index (κ2) is 3.99. The van der Waals surface area contributed by atoms with Gasteiger partial charge in [0.1, 0.15) is 0 Å². The predicted molar refractivity (Wildman–Crippen MR) is 58.9 cm³/mol. The average Bonchev–Trinajstić information content (AvgIpc) is 2.49. The number of hydrogen-bond acceptors (Lipinski definition) is 2. The summed E-state index contributed by atoms with van der Waals surface area (Å²) in [5.41, 5.74) is 0. The molecule has 1 aromatic heterocycles. The number of halogens is 1. The van der Waals surface area contributed by atoms with Crippen LogP contribution in [-0.2, 0) is 0 Å². The lowest BCUT2D eigenvalue weighted by Crippen LogP contribution is -2.26. The van der Waals surface area contributed by atoms with Gasteiger partial charge in [0, 0.05) is 9.75 Å². The molecule has 1 fully saturated rings. The maximum atomic E-state index is 6.04. The van der Waals surface area contributed by atoms with Crippen molar-refractivity contribution in [3.8, 4) is 0 Å². The van der Waals surface area contributed by atoms with Crippen LogP contribution in [0.15, 0.2) is 6.07 Å². The van der Waals surface area contributed by atoms with Crippen molar-refractivity contribution in [1.82, 2.24) is 5.32 Å². The summed E-state index contributed by atoms with van der Waals surface area (Å²) in [4.78, 5) is 2.74. The van der Waals surface area contributed by atoms with Crippen LogP contribution < -0.4 is 5.32 Å². The van der Waals surface area contributed by atoms with Crippen molar-refractivity contribution in [2.75, 3.05) is 13.1 Å². The van der Waals surface area contributed by atoms with Crippen molar-refractivity contribution in [1.29, 1.82) is 0 Å². The van der Waals surface area contributed by atoms with Gasteiger partial charge in [0.2, 0.25) is 0 Å². The molecule has 3 heteroatoms. The molecule has 0 spiro atoms. The maximum Gasteiger partial charge on any atom is 0.0545 e. The zero-order valence-electron chi connectivity index (χ0n) is 7.77. The highest BCUT2D eigenvalue weighted by atomic mass is 35.5. The lowest BCUT2D eigenvalue weighted by molar-refractivity contribution is 0.465. The third kappa shape index (κ3) is 2.06. The molecule has 13 heavy (non-hydrogen) atoms. The van der Waals surface area contributed by atoms with Crippen LogP contribution in [0.4, 0.5) is 0 Å². The van der Waals surface area contributed by atoms with E-state index in [2.05, 4.69) is 18.3 Å². The molecule has 1 aliphatic heterocycles. The van der Waals surface area contributed by atoms with E-state index in [0.29, 0.717) is 0 Å². The highest BCUT2D eigenvalue weighted by molar-refractivity contribution is 7.12. The molecule has 1 nitrogen and oxygen atoms in total. The van der Waals surface area contributed by atoms with E-state index in [1.165, 1.54) is 22.6 Å². The summed E-state index contributed by atoms with van der Waals surface area (Å²) in [7, 11) is 0. The lowest BCUT2D eigenvalue weighted by atomic mass is 9.97. The lowest BCUT2D eigenvalue weighted by Gasteiger charge is -2.21. The smallest absolute Gasteiger partial charge is 0.0545 e. The molecular formula is C10H14ClNS. The average molecular weight is 216 g/mol. The molecule has 2 rings (SSSR count). The molecule has 72 valence electrons. The van der Waals surface area contributed by atoms with E-state index >= 15 is 0 Å². The van der Waals surface area contributed by atoms with E-state index in [0.717, 1.165) is 24.0 Å². The molecule has 0 amide bonds. The van der Waals surface area contributed by atoms with E-state index in [-0.39, 0.29) is 0 Å². The van der Waals surface area contributed by atoms with Gasteiger partial charge in [0.15, 0.2) is 0 Å². The number of thiophene rings is 1. The van der Waals surface area contributed by atoms with Crippen molar-refractivity contribution < 1.29 is 0 Å². The van der Waals surface area contributed by atoms with Crippen LogP contribution in [0.1, 0.15) is 28.5 Å². The number of aryl methyl sites for hydroxylation is 1. The summed E-state index contributed by atoms with van der Waals surface area (Å²) < 4.78 is 0. The number of hydrogen-bond donors (Lipinski definition) is 1. The third-order valence-electron chi connectivity index (χ3n) is 2.62. The van der Waals surface area contributed by atoms with Gasteiger partial charge in [-0.2, -0.15) is 0 Å². The molecule has 1 saturated heterocycles. The highest BCUT2D eigenvalue weighted by Crippen LogP contribution is 2.35. The SMILES string of the molecule is Cc1sc(C2CCNCC2)cc1Cl. The summed E-state index contributed by atoms with van der Waals surface area (Å²) in [5.74, 6) is 0.748. The van der Waals surface area contributed by atoms with Crippen LogP contribution in [0.2, 0.25) is 5.02 Å². The van der Waals surface area contributed by atoms with Crippen molar-refractivity contribution in [3.05, 3.63) is 20.8 Å². The first-order chi connectivity index (χ1) is 6.27. The molecule has 0 aliphatic carbocycles. The van der Waals surface area contributed by atoms with Crippen LogP contribution >= 0.6 is 22.9 Å². The Bertz CT molecular complexity index is 270. The standard InChI is InChI=1S/C10H14ClNS/c1-7-9(11)6-10(13-7)8-2-4-12-5-3-8/h6,8,12H,2-5H2,1H3. The first-order valence-corrected chi connectivity index (χ1v) is 5.93. The second-order valence-corrected chi connectivity index (χ2v) is 5.27. The van der Waals surface area contributed by atoms with Gasteiger partial charge >= 0.3 is 0 Å². The molecule has 0 bridgehead atoms. The summed E-state index contributed by atoms with van der Waals surface area (Å²) in [6, 6.07) is 2.15. The Labute approximate surface area is 88.1 Å². The molecule has 0 radical (unpaired) electrons. The Hall–Kier alpha value is -0.0500. The van der Waals surface area contributed by atoms with Gasteiger partial charge in [-0.25, -0.2) is 0 Å². The maximum absolute atomic E-state index is 6.04. The zero-order chi connectivity index (χ0) is 9.26. The fourth-order valence-electron chi connectivity index (χ4n) is 1.79. The molecular weight excluding hydrogens is 202 g/mol. The van der Waals surface area contributed by atoms with Crippen LogP contribution in [-0.4, -0.2) is 13.1 Å². The molecule has 0 saturated carbocycles. The Balaban J connectivity index is 2.14. The van der Waals surface area contributed by atoms with Crippen LogP contribution in [0.5, 0.6) is 0 Å². The number of rotatable bonds is 1. The molecule has 1 N–H and O–H groups in total. The first-order valence-electron chi connectivity index (χ1n) is 4.74. The molecule has 0 aromatic carbocycles. The molecule has 1 aliphatic rings. The van der Waals surface area contributed by atoms with Crippen molar-refractivity contribution >= 4 is 22.9 Å². The summed E-state index contributed by atoms with van der Waals surface area (Å²) in [6.45, 7) is 4.40. The highest BCUT2D eigenvalue weighted by Gasteiger charge is 2.17. The number of piperidine rings is 1. The van der Waals surface area contributed by atoms with Gasteiger partial charge in [0.05, 0.1) is 5.02 Å². The minimum absolute atomic E-state index is 0.748. The Morgan fingerprint density at radius 3 is 2.69 bits per heavy atom. The summed E-state index contributed by atoms with van der Waals surface area (Å²) >= 11 is 7.90. The van der Waals surface area contributed by atoms with E-state index in [4.69, 9.17) is 11.6 Å². The molecule has 0 unspecified atom stereocenters. The van der Waals surface area contributed by atoms with Crippen molar-refractivity contribution in [3.63, 3.8) is 0 Å². The van der Waals surface area contributed by atoms with Gasteiger partial charge in [-0.15, -0.1) is 11.3 Å². The zero-order valence-corrected chi connectivity index (χ0v) is 9.34. The monoisotopic (exact) mass is 215 g/mol. The normalized spacial score (nSPS) is 19.2. The fourth-order valence-corrected chi connectivity index (χ4v) is 3.18. The predicted octanol–water partition coefficient (Wildman–Crippen LogP) is 3.18. The van der Waals surface area contributed by atoms with Gasteiger partial charge in [-0.05, 0) is 44.8 Å². The third-order valence-corrected chi connectivity index (χ3v) is 4.34. The summed E-state index contributed by atoms with van der Waals surface area (Å²) in [6.07, 6.45) is 2.52. The van der Waals surface area contributed by atoms with Gasteiger partial charge in [-0.1, -0.05) is 11.6 Å².